The van der Waals surface area contributed by atoms with Crippen molar-refractivity contribution in [2.45, 2.75) is 13.3 Å². The molecule has 1 aromatic heterocycles. The summed E-state index contributed by atoms with van der Waals surface area (Å²) in [5.74, 6) is -0.272. The average Bonchev–Trinajstić information content (AvgIpc) is 2.65. The highest BCUT2D eigenvalue weighted by atomic mass is 19.1. The fourth-order valence-electron chi connectivity index (χ4n) is 1.54. The summed E-state index contributed by atoms with van der Waals surface area (Å²) in [5, 5.41) is 7.88. The second kappa shape index (κ2) is 4.40. The van der Waals surface area contributed by atoms with Gasteiger partial charge in [-0.05, 0) is 37.2 Å². The predicted molar refractivity (Wildman–Crippen MR) is 58.8 cm³/mol. The van der Waals surface area contributed by atoms with E-state index in [1.165, 1.54) is 12.1 Å². The molecule has 1 heterocycles. The minimum absolute atomic E-state index is 0.272. The highest BCUT2D eigenvalue weighted by Gasteiger charge is 2.04. The fourth-order valence-corrected chi connectivity index (χ4v) is 1.54. The number of halogens is 1. The van der Waals surface area contributed by atoms with Crippen molar-refractivity contribution in [3.63, 3.8) is 0 Å². The second-order valence-electron chi connectivity index (χ2n) is 3.68. The van der Waals surface area contributed by atoms with Gasteiger partial charge in [0.1, 0.15) is 5.82 Å². The van der Waals surface area contributed by atoms with Crippen molar-refractivity contribution in [1.29, 1.82) is 0 Å². The summed E-state index contributed by atoms with van der Waals surface area (Å²) < 4.78 is 14.7. The van der Waals surface area contributed by atoms with Crippen molar-refractivity contribution < 1.29 is 4.39 Å². The lowest BCUT2D eigenvalue weighted by Crippen LogP contribution is -2.02. The third-order valence-corrected chi connectivity index (χ3v) is 2.23. The smallest absolute Gasteiger partial charge is 0.125 e. The van der Waals surface area contributed by atoms with Gasteiger partial charge in [0.05, 0.1) is 17.6 Å². The third-order valence-electron chi connectivity index (χ3n) is 2.23. The molecule has 84 valence electrons. The highest BCUT2D eigenvalue weighted by Crippen LogP contribution is 2.12. The van der Waals surface area contributed by atoms with E-state index in [4.69, 9.17) is 5.73 Å². The third kappa shape index (κ3) is 2.25. The molecule has 0 spiro atoms. The molecule has 2 rings (SSSR count). The van der Waals surface area contributed by atoms with Crippen LogP contribution in [0.2, 0.25) is 0 Å². The number of hydrogen-bond acceptors (Lipinski definition) is 3. The number of aryl methyl sites for hydroxylation is 1. The first-order chi connectivity index (χ1) is 7.69. The van der Waals surface area contributed by atoms with Crippen LogP contribution in [-0.4, -0.2) is 21.5 Å². The molecule has 4 nitrogen and oxygen atoms in total. The van der Waals surface area contributed by atoms with E-state index in [0.29, 0.717) is 18.7 Å². The lowest BCUT2D eigenvalue weighted by molar-refractivity contribution is 0.623. The molecule has 0 aliphatic heterocycles. The van der Waals surface area contributed by atoms with Crippen LogP contribution < -0.4 is 5.73 Å². The van der Waals surface area contributed by atoms with Crippen LogP contribution >= 0.6 is 0 Å². The summed E-state index contributed by atoms with van der Waals surface area (Å²) in [6.07, 6.45) is 2.44. The quantitative estimate of drug-likeness (QED) is 0.846. The second-order valence-corrected chi connectivity index (χ2v) is 3.68. The van der Waals surface area contributed by atoms with E-state index >= 15 is 0 Å². The zero-order chi connectivity index (χ0) is 11.5. The number of benzene rings is 1. The molecule has 0 atom stereocenters. The molecule has 1 aromatic carbocycles. The molecular weight excluding hydrogens is 207 g/mol. The molecule has 2 aromatic rings. The maximum Gasteiger partial charge on any atom is 0.125 e. The molecule has 0 aliphatic carbocycles. The van der Waals surface area contributed by atoms with E-state index in [1.807, 2.05) is 13.0 Å². The first-order valence-electron chi connectivity index (χ1n) is 5.08. The van der Waals surface area contributed by atoms with Gasteiger partial charge in [-0.3, -0.25) is 0 Å². The normalized spacial score (nSPS) is 10.7. The largest absolute Gasteiger partial charge is 0.330 e. The van der Waals surface area contributed by atoms with Crippen molar-refractivity contribution in [1.82, 2.24) is 15.0 Å². The topological polar surface area (TPSA) is 56.7 Å². The van der Waals surface area contributed by atoms with Gasteiger partial charge in [0, 0.05) is 6.42 Å². The minimum Gasteiger partial charge on any atom is -0.330 e. The van der Waals surface area contributed by atoms with Crippen LogP contribution in [0.1, 0.15) is 11.3 Å². The summed E-state index contributed by atoms with van der Waals surface area (Å²) in [5.41, 5.74) is 7.76. The number of nitrogens with two attached hydrogens (primary N) is 1. The lowest BCUT2D eigenvalue weighted by atomic mass is 10.2. The minimum atomic E-state index is -0.272. The SMILES string of the molecule is Cc1cc(F)cc(-n2cc(CCN)nn2)c1. The van der Waals surface area contributed by atoms with Gasteiger partial charge in [0.25, 0.3) is 0 Å². The predicted octanol–water partition coefficient (Wildman–Crippen LogP) is 1.22. The van der Waals surface area contributed by atoms with Crippen molar-refractivity contribution in [2.24, 2.45) is 5.73 Å². The summed E-state index contributed by atoms with van der Waals surface area (Å²) >= 11 is 0. The summed E-state index contributed by atoms with van der Waals surface area (Å²) in [6, 6.07) is 4.75. The Kier molecular flexibility index (Phi) is 2.96. The van der Waals surface area contributed by atoms with E-state index in [0.717, 1.165) is 11.3 Å². The van der Waals surface area contributed by atoms with Gasteiger partial charge < -0.3 is 5.73 Å². The molecule has 0 saturated heterocycles. The summed E-state index contributed by atoms with van der Waals surface area (Å²) in [7, 11) is 0. The lowest BCUT2D eigenvalue weighted by Gasteiger charge is -2.01. The van der Waals surface area contributed by atoms with Crippen LogP contribution in [0, 0.1) is 12.7 Å². The first-order valence-corrected chi connectivity index (χ1v) is 5.08. The maximum atomic E-state index is 13.2. The van der Waals surface area contributed by atoms with Crippen LogP contribution in [0.4, 0.5) is 4.39 Å². The molecule has 16 heavy (non-hydrogen) atoms. The zero-order valence-corrected chi connectivity index (χ0v) is 9.02. The molecule has 5 heteroatoms. The molecule has 0 bridgehead atoms. The Labute approximate surface area is 92.9 Å². The molecule has 0 unspecified atom stereocenters. The Hall–Kier alpha value is -1.75. The number of aromatic nitrogens is 3. The standard InChI is InChI=1S/C11H13FN4/c1-8-4-9(12)6-11(5-8)16-7-10(2-3-13)14-15-16/h4-7H,2-3,13H2,1H3. The van der Waals surface area contributed by atoms with E-state index in [1.54, 1.807) is 10.9 Å². The van der Waals surface area contributed by atoms with Gasteiger partial charge in [0.2, 0.25) is 0 Å². The zero-order valence-electron chi connectivity index (χ0n) is 9.02. The Morgan fingerprint density at radius 2 is 2.19 bits per heavy atom. The van der Waals surface area contributed by atoms with Crippen LogP contribution in [-0.2, 0) is 6.42 Å². The van der Waals surface area contributed by atoms with Crippen LogP contribution in [0.25, 0.3) is 5.69 Å². The van der Waals surface area contributed by atoms with Gasteiger partial charge in [-0.1, -0.05) is 5.21 Å². The van der Waals surface area contributed by atoms with Crippen molar-refractivity contribution in [3.05, 3.63) is 41.5 Å². The van der Waals surface area contributed by atoms with Crippen LogP contribution in [0.3, 0.4) is 0 Å². The number of hydrogen-bond donors (Lipinski definition) is 1. The van der Waals surface area contributed by atoms with Gasteiger partial charge in [0.15, 0.2) is 0 Å². The van der Waals surface area contributed by atoms with Crippen molar-refractivity contribution in [2.75, 3.05) is 6.54 Å². The Morgan fingerprint density at radius 3 is 2.88 bits per heavy atom. The van der Waals surface area contributed by atoms with Crippen LogP contribution in [0.15, 0.2) is 24.4 Å². The van der Waals surface area contributed by atoms with Gasteiger partial charge in [-0.2, -0.15) is 0 Å². The number of rotatable bonds is 3. The molecule has 0 aliphatic rings. The molecule has 2 N–H and O–H groups in total. The van der Waals surface area contributed by atoms with Crippen LogP contribution in [0.5, 0.6) is 0 Å². The Bertz CT molecular complexity index is 472. The maximum absolute atomic E-state index is 13.2. The average molecular weight is 220 g/mol. The summed E-state index contributed by atoms with van der Waals surface area (Å²) in [6.45, 7) is 2.37. The highest BCUT2D eigenvalue weighted by molar-refractivity contribution is 5.35. The monoisotopic (exact) mass is 220 g/mol. The van der Waals surface area contributed by atoms with Crippen molar-refractivity contribution >= 4 is 0 Å². The molecule has 0 radical (unpaired) electrons. The van der Waals surface area contributed by atoms with Gasteiger partial charge in [-0.15, -0.1) is 5.10 Å². The van der Waals surface area contributed by atoms with Gasteiger partial charge in [-0.25, -0.2) is 9.07 Å². The molecule has 0 amide bonds. The van der Waals surface area contributed by atoms with Gasteiger partial charge >= 0.3 is 0 Å². The fraction of sp³-hybridized carbons (Fsp3) is 0.273. The summed E-state index contributed by atoms with van der Waals surface area (Å²) in [4.78, 5) is 0. The van der Waals surface area contributed by atoms with E-state index in [9.17, 15) is 4.39 Å². The van der Waals surface area contributed by atoms with E-state index in [2.05, 4.69) is 10.3 Å². The first kappa shape index (κ1) is 10.8. The molecule has 0 fully saturated rings. The Balaban J connectivity index is 2.34. The Morgan fingerprint density at radius 1 is 1.38 bits per heavy atom. The van der Waals surface area contributed by atoms with Crippen molar-refractivity contribution in [3.8, 4) is 5.69 Å². The molecule has 0 saturated carbocycles. The molecular formula is C11H13FN4. The van der Waals surface area contributed by atoms with E-state index < -0.39 is 0 Å². The number of nitrogens with zero attached hydrogens (tertiary/aromatic N) is 3. The van der Waals surface area contributed by atoms with E-state index in [-0.39, 0.29) is 5.82 Å².